The molecule has 0 saturated carbocycles. The summed E-state index contributed by atoms with van der Waals surface area (Å²) in [7, 11) is -3.38. The van der Waals surface area contributed by atoms with Crippen LogP contribution in [0.25, 0.3) is 0 Å². The maximum atomic E-state index is 11.4. The van der Waals surface area contributed by atoms with Gasteiger partial charge in [0.15, 0.2) is 0 Å². The molecule has 1 aromatic rings. The quantitative estimate of drug-likeness (QED) is 0.654. The monoisotopic (exact) mass is 257 g/mol. The number of anilines is 1. The fraction of sp³-hybridized carbons (Fsp3) is 0.455. The third-order valence-electron chi connectivity index (χ3n) is 2.08. The second-order valence-electron chi connectivity index (χ2n) is 4.16. The number of hydrogen-bond donors (Lipinski definition) is 3. The molecule has 0 aliphatic heterocycles. The van der Waals surface area contributed by atoms with E-state index in [9.17, 15) is 8.42 Å². The third-order valence-corrected chi connectivity index (χ3v) is 3.44. The lowest BCUT2D eigenvalue weighted by molar-refractivity contribution is 0.555. The SMILES string of the molecule is CC(C)NS(=O)(=O)NCCc1ccc(N)cc1. The van der Waals surface area contributed by atoms with Crippen molar-refractivity contribution in [3.8, 4) is 0 Å². The molecular formula is C11H19N3O2S. The van der Waals surface area contributed by atoms with E-state index in [0.29, 0.717) is 18.7 Å². The fourth-order valence-corrected chi connectivity index (χ4v) is 2.44. The fourth-order valence-electron chi connectivity index (χ4n) is 1.37. The van der Waals surface area contributed by atoms with Crippen LogP contribution in [-0.4, -0.2) is 21.0 Å². The van der Waals surface area contributed by atoms with Gasteiger partial charge in [0.1, 0.15) is 0 Å². The summed E-state index contributed by atoms with van der Waals surface area (Å²) in [5, 5.41) is 0. The minimum absolute atomic E-state index is 0.107. The van der Waals surface area contributed by atoms with Crippen molar-refractivity contribution in [1.29, 1.82) is 0 Å². The van der Waals surface area contributed by atoms with Gasteiger partial charge in [-0.25, -0.2) is 4.72 Å². The zero-order valence-electron chi connectivity index (χ0n) is 10.1. The van der Waals surface area contributed by atoms with Gasteiger partial charge in [0.25, 0.3) is 10.2 Å². The summed E-state index contributed by atoms with van der Waals surface area (Å²) in [5.41, 5.74) is 7.31. The molecule has 0 fully saturated rings. The van der Waals surface area contributed by atoms with Crippen LogP contribution >= 0.6 is 0 Å². The molecule has 0 radical (unpaired) electrons. The van der Waals surface area contributed by atoms with Crippen molar-refractivity contribution in [2.75, 3.05) is 12.3 Å². The first kappa shape index (κ1) is 14.0. The Morgan fingerprint density at radius 2 is 1.82 bits per heavy atom. The van der Waals surface area contributed by atoms with Crippen molar-refractivity contribution >= 4 is 15.9 Å². The first-order valence-corrected chi connectivity index (χ1v) is 6.99. The van der Waals surface area contributed by atoms with Crippen LogP contribution in [0, 0.1) is 0 Å². The Balaban J connectivity index is 2.40. The highest BCUT2D eigenvalue weighted by atomic mass is 32.2. The minimum atomic E-state index is -3.38. The van der Waals surface area contributed by atoms with Gasteiger partial charge in [-0.15, -0.1) is 0 Å². The van der Waals surface area contributed by atoms with E-state index in [1.165, 1.54) is 0 Å². The van der Waals surface area contributed by atoms with Crippen LogP contribution in [0.2, 0.25) is 0 Å². The Morgan fingerprint density at radius 1 is 1.24 bits per heavy atom. The molecule has 6 heteroatoms. The number of nitrogen functional groups attached to an aromatic ring is 1. The molecule has 5 nitrogen and oxygen atoms in total. The summed E-state index contributed by atoms with van der Waals surface area (Å²) >= 11 is 0. The van der Waals surface area contributed by atoms with Gasteiger partial charge in [0.2, 0.25) is 0 Å². The predicted molar refractivity (Wildman–Crippen MR) is 69.8 cm³/mol. The predicted octanol–water partition coefficient (Wildman–Crippen LogP) is 0.644. The van der Waals surface area contributed by atoms with Crippen molar-refractivity contribution in [2.24, 2.45) is 0 Å². The van der Waals surface area contributed by atoms with Crippen LogP contribution in [0.3, 0.4) is 0 Å². The van der Waals surface area contributed by atoms with Crippen LogP contribution < -0.4 is 15.2 Å². The van der Waals surface area contributed by atoms with E-state index >= 15 is 0 Å². The normalized spacial score (nSPS) is 11.9. The Hall–Kier alpha value is -1.11. The first-order chi connectivity index (χ1) is 7.89. The van der Waals surface area contributed by atoms with E-state index in [-0.39, 0.29) is 6.04 Å². The van der Waals surface area contributed by atoms with Gasteiger partial charge in [0, 0.05) is 18.3 Å². The second kappa shape index (κ2) is 6.00. The van der Waals surface area contributed by atoms with Gasteiger partial charge in [-0.3, -0.25) is 0 Å². The Morgan fingerprint density at radius 3 is 2.35 bits per heavy atom. The van der Waals surface area contributed by atoms with E-state index in [1.54, 1.807) is 26.0 Å². The van der Waals surface area contributed by atoms with Gasteiger partial charge in [0.05, 0.1) is 0 Å². The molecule has 96 valence electrons. The van der Waals surface area contributed by atoms with E-state index in [2.05, 4.69) is 9.44 Å². The van der Waals surface area contributed by atoms with Crippen LogP contribution in [0.5, 0.6) is 0 Å². The number of nitrogens with one attached hydrogen (secondary N) is 2. The topological polar surface area (TPSA) is 84.2 Å². The van der Waals surface area contributed by atoms with Crippen molar-refractivity contribution < 1.29 is 8.42 Å². The Labute approximate surface area is 103 Å². The lowest BCUT2D eigenvalue weighted by Crippen LogP contribution is -2.41. The molecule has 1 rings (SSSR count). The molecule has 0 atom stereocenters. The average Bonchev–Trinajstić information content (AvgIpc) is 2.18. The lowest BCUT2D eigenvalue weighted by Gasteiger charge is -2.10. The largest absolute Gasteiger partial charge is 0.399 e. The molecule has 0 heterocycles. The van der Waals surface area contributed by atoms with Crippen LogP contribution in [-0.2, 0) is 16.6 Å². The van der Waals surface area contributed by atoms with E-state index < -0.39 is 10.2 Å². The maximum Gasteiger partial charge on any atom is 0.277 e. The molecule has 0 bridgehead atoms. The molecule has 0 aliphatic rings. The number of benzene rings is 1. The van der Waals surface area contributed by atoms with Crippen LogP contribution in [0.4, 0.5) is 5.69 Å². The molecule has 17 heavy (non-hydrogen) atoms. The zero-order chi connectivity index (χ0) is 12.9. The van der Waals surface area contributed by atoms with Gasteiger partial charge in [-0.2, -0.15) is 13.1 Å². The highest BCUT2D eigenvalue weighted by Gasteiger charge is 2.09. The summed E-state index contributed by atoms with van der Waals surface area (Å²) in [6.07, 6.45) is 0.638. The number of hydrogen-bond acceptors (Lipinski definition) is 3. The molecule has 4 N–H and O–H groups in total. The summed E-state index contributed by atoms with van der Waals surface area (Å²) in [5.74, 6) is 0. The smallest absolute Gasteiger partial charge is 0.277 e. The number of rotatable bonds is 6. The van der Waals surface area contributed by atoms with Crippen molar-refractivity contribution in [2.45, 2.75) is 26.3 Å². The summed E-state index contributed by atoms with van der Waals surface area (Å²) in [4.78, 5) is 0. The zero-order valence-corrected chi connectivity index (χ0v) is 10.9. The molecule has 0 saturated heterocycles. The second-order valence-corrected chi connectivity index (χ2v) is 5.69. The molecule has 1 aromatic carbocycles. The summed E-state index contributed by atoms with van der Waals surface area (Å²) < 4.78 is 27.8. The maximum absolute atomic E-state index is 11.4. The standard InChI is InChI=1S/C11H19N3O2S/c1-9(2)14-17(15,16)13-8-7-10-3-5-11(12)6-4-10/h3-6,9,13-14H,7-8,12H2,1-2H3. The van der Waals surface area contributed by atoms with E-state index in [4.69, 9.17) is 5.73 Å². The Kier molecular flexibility index (Phi) is 4.92. The highest BCUT2D eigenvalue weighted by Crippen LogP contribution is 2.05. The molecule has 0 amide bonds. The lowest BCUT2D eigenvalue weighted by atomic mass is 10.1. The molecule has 0 spiro atoms. The van der Waals surface area contributed by atoms with Crippen molar-refractivity contribution in [1.82, 2.24) is 9.44 Å². The van der Waals surface area contributed by atoms with Crippen LogP contribution in [0.1, 0.15) is 19.4 Å². The Bertz CT molecular complexity index is 440. The van der Waals surface area contributed by atoms with Gasteiger partial charge in [-0.05, 0) is 38.0 Å². The first-order valence-electron chi connectivity index (χ1n) is 5.50. The van der Waals surface area contributed by atoms with Gasteiger partial charge in [-0.1, -0.05) is 12.1 Å². The number of nitrogens with two attached hydrogens (primary N) is 1. The van der Waals surface area contributed by atoms with Crippen molar-refractivity contribution in [3.63, 3.8) is 0 Å². The molecule has 0 aliphatic carbocycles. The highest BCUT2D eigenvalue weighted by molar-refractivity contribution is 7.87. The average molecular weight is 257 g/mol. The molecule has 0 aromatic heterocycles. The molecular weight excluding hydrogens is 238 g/mol. The third kappa shape index (κ3) is 5.67. The van der Waals surface area contributed by atoms with Gasteiger partial charge >= 0.3 is 0 Å². The summed E-state index contributed by atoms with van der Waals surface area (Å²) in [6.45, 7) is 3.92. The van der Waals surface area contributed by atoms with Gasteiger partial charge < -0.3 is 5.73 Å². The van der Waals surface area contributed by atoms with E-state index in [0.717, 1.165) is 5.56 Å². The van der Waals surface area contributed by atoms with Crippen LogP contribution in [0.15, 0.2) is 24.3 Å². The summed E-state index contributed by atoms with van der Waals surface area (Å²) in [6, 6.07) is 7.27. The van der Waals surface area contributed by atoms with Crippen molar-refractivity contribution in [3.05, 3.63) is 29.8 Å². The molecule has 0 unspecified atom stereocenters. The minimum Gasteiger partial charge on any atom is -0.399 e. The van der Waals surface area contributed by atoms with E-state index in [1.807, 2.05) is 12.1 Å².